The monoisotopic (exact) mass is 410 g/mol. The molecule has 0 saturated carbocycles. The summed E-state index contributed by atoms with van der Waals surface area (Å²) < 4.78 is 4.99. The highest BCUT2D eigenvalue weighted by molar-refractivity contribution is 7.13. The van der Waals surface area contributed by atoms with Crippen molar-refractivity contribution in [1.29, 1.82) is 0 Å². The van der Waals surface area contributed by atoms with Gasteiger partial charge in [0.15, 0.2) is 17.4 Å². The number of aromatic nitrogens is 1. The number of hydrogen-bond acceptors (Lipinski definition) is 7. The molecule has 0 unspecified atom stereocenters. The van der Waals surface area contributed by atoms with Crippen molar-refractivity contribution in [2.45, 2.75) is 6.54 Å². The molecule has 4 N–H and O–H groups in total. The quantitative estimate of drug-likeness (QED) is 0.491. The first-order valence-electron chi connectivity index (χ1n) is 8.61. The van der Waals surface area contributed by atoms with Crippen LogP contribution in [0.1, 0.15) is 26.4 Å². The first-order chi connectivity index (χ1) is 14.0. The maximum atomic E-state index is 12.1. The fourth-order valence-electron chi connectivity index (χ4n) is 2.34. The smallest absolute Gasteiger partial charge is 0.358 e. The number of primary amides is 1. The van der Waals surface area contributed by atoms with Crippen LogP contribution in [0, 0.1) is 0 Å². The number of hydrogen-bond donors (Lipinski definition) is 3. The summed E-state index contributed by atoms with van der Waals surface area (Å²) in [6.07, 6.45) is 0. The number of esters is 1. The molecule has 9 heteroatoms. The van der Waals surface area contributed by atoms with Gasteiger partial charge in [0.2, 0.25) is 5.91 Å². The van der Waals surface area contributed by atoms with Crippen molar-refractivity contribution in [2.24, 2.45) is 5.73 Å². The zero-order valence-corrected chi connectivity index (χ0v) is 16.1. The molecule has 0 aliphatic rings. The molecule has 3 aromatic rings. The number of thiazole rings is 1. The zero-order chi connectivity index (χ0) is 20.6. The van der Waals surface area contributed by atoms with Gasteiger partial charge in [-0.25, -0.2) is 9.78 Å². The molecular formula is C20H18N4O4S. The van der Waals surface area contributed by atoms with E-state index in [1.165, 1.54) is 35.6 Å². The lowest BCUT2D eigenvalue weighted by Crippen LogP contribution is -2.21. The Morgan fingerprint density at radius 3 is 2.45 bits per heavy atom. The molecule has 0 aliphatic heterocycles. The van der Waals surface area contributed by atoms with Gasteiger partial charge in [0, 0.05) is 23.2 Å². The number of nitrogens with one attached hydrogen (secondary N) is 2. The highest BCUT2D eigenvalue weighted by Crippen LogP contribution is 2.17. The summed E-state index contributed by atoms with van der Waals surface area (Å²) in [6, 6.07) is 15.8. The second kappa shape index (κ2) is 9.47. The Morgan fingerprint density at radius 2 is 1.76 bits per heavy atom. The van der Waals surface area contributed by atoms with Gasteiger partial charge in [-0.15, -0.1) is 11.3 Å². The number of benzene rings is 2. The third kappa shape index (κ3) is 5.88. The van der Waals surface area contributed by atoms with Gasteiger partial charge in [-0.05, 0) is 29.8 Å². The van der Waals surface area contributed by atoms with Crippen molar-refractivity contribution in [3.8, 4) is 0 Å². The second-order valence-electron chi connectivity index (χ2n) is 5.94. The average Bonchev–Trinajstić information content (AvgIpc) is 3.21. The predicted octanol–water partition coefficient (Wildman–Crippen LogP) is 2.65. The van der Waals surface area contributed by atoms with Gasteiger partial charge in [0.25, 0.3) is 5.91 Å². The maximum Gasteiger partial charge on any atom is 0.358 e. The van der Waals surface area contributed by atoms with Crippen molar-refractivity contribution < 1.29 is 19.1 Å². The van der Waals surface area contributed by atoms with E-state index in [-0.39, 0.29) is 5.69 Å². The van der Waals surface area contributed by atoms with E-state index in [0.29, 0.717) is 22.9 Å². The van der Waals surface area contributed by atoms with Gasteiger partial charge in [-0.3, -0.25) is 9.59 Å². The second-order valence-corrected chi connectivity index (χ2v) is 6.80. The van der Waals surface area contributed by atoms with Gasteiger partial charge in [-0.1, -0.05) is 30.3 Å². The Labute approximate surface area is 170 Å². The number of anilines is 2. The molecule has 8 nitrogen and oxygen atoms in total. The summed E-state index contributed by atoms with van der Waals surface area (Å²) in [4.78, 5) is 39.2. The highest BCUT2D eigenvalue weighted by atomic mass is 32.1. The van der Waals surface area contributed by atoms with Gasteiger partial charge in [0.05, 0.1) is 0 Å². The van der Waals surface area contributed by atoms with Crippen molar-refractivity contribution in [1.82, 2.24) is 4.98 Å². The summed E-state index contributed by atoms with van der Waals surface area (Å²) in [6.45, 7) is 0.125. The van der Waals surface area contributed by atoms with E-state index in [1.807, 2.05) is 30.3 Å². The minimum Gasteiger partial charge on any atom is -0.451 e. The molecule has 0 radical (unpaired) electrons. The molecule has 1 aromatic heterocycles. The van der Waals surface area contributed by atoms with Crippen LogP contribution >= 0.6 is 11.3 Å². The summed E-state index contributed by atoms with van der Waals surface area (Å²) in [5.41, 5.74) is 7.16. The topological polar surface area (TPSA) is 123 Å². The molecule has 29 heavy (non-hydrogen) atoms. The van der Waals surface area contributed by atoms with Crippen LogP contribution < -0.4 is 16.4 Å². The van der Waals surface area contributed by atoms with E-state index in [4.69, 9.17) is 10.5 Å². The molecule has 1 heterocycles. The first kappa shape index (κ1) is 20.0. The van der Waals surface area contributed by atoms with E-state index in [0.717, 1.165) is 5.56 Å². The van der Waals surface area contributed by atoms with Crippen LogP contribution in [0.25, 0.3) is 0 Å². The lowest BCUT2D eigenvalue weighted by Gasteiger charge is -2.06. The van der Waals surface area contributed by atoms with Crippen molar-refractivity contribution in [2.75, 3.05) is 17.2 Å². The summed E-state index contributed by atoms with van der Waals surface area (Å²) in [5.74, 6) is -1.76. The molecule has 0 fully saturated rings. The Hall–Kier alpha value is -3.72. The van der Waals surface area contributed by atoms with Crippen LogP contribution in [0.5, 0.6) is 0 Å². The highest BCUT2D eigenvalue weighted by Gasteiger charge is 2.14. The Bertz CT molecular complexity index is 1000. The Balaban J connectivity index is 1.45. The third-order valence-corrected chi connectivity index (χ3v) is 4.59. The van der Waals surface area contributed by atoms with E-state index in [2.05, 4.69) is 15.6 Å². The lowest BCUT2D eigenvalue weighted by molar-refractivity contribution is -0.119. The molecule has 2 aromatic carbocycles. The zero-order valence-electron chi connectivity index (χ0n) is 15.3. The normalized spacial score (nSPS) is 10.2. The minimum atomic E-state index is -0.687. The van der Waals surface area contributed by atoms with Gasteiger partial charge in [-0.2, -0.15) is 0 Å². The standard InChI is InChI=1S/C20H18N4O4S/c21-18(26)14-6-8-15(9-7-14)23-17(25)11-28-19(27)16-12-29-20(24-16)22-10-13-4-2-1-3-5-13/h1-9,12H,10-11H2,(H2,21,26)(H,22,24)(H,23,25). The molecular weight excluding hydrogens is 392 g/mol. The van der Waals surface area contributed by atoms with E-state index in [9.17, 15) is 14.4 Å². The molecule has 0 atom stereocenters. The number of nitrogens with two attached hydrogens (primary N) is 1. The molecule has 0 saturated heterocycles. The molecule has 0 bridgehead atoms. The third-order valence-electron chi connectivity index (χ3n) is 3.79. The van der Waals surface area contributed by atoms with Crippen LogP contribution in [0.4, 0.5) is 10.8 Å². The predicted molar refractivity (Wildman–Crippen MR) is 110 cm³/mol. The van der Waals surface area contributed by atoms with Crippen molar-refractivity contribution >= 4 is 39.9 Å². The van der Waals surface area contributed by atoms with Crippen LogP contribution in [0.15, 0.2) is 60.0 Å². The van der Waals surface area contributed by atoms with Gasteiger partial charge in [0.1, 0.15) is 0 Å². The van der Waals surface area contributed by atoms with Gasteiger partial charge < -0.3 is 21.1 Å². The minimum absolute atomic E-state index is 0.129. The SMILES string of the molecule is NC(=O)c1ccc(NC(=O)COC(=O)c2csc(NCc3ccccc3)n2)cc1. The Morgan fingerprint density at radius 1 is 1.03 bits per heavy atom. The van der Waals surface area contributed by atoms with Crippen LogP contribution in [-0.2, 0) is 16.1 Å². The number of ether oxygens (including phenoxy) is 1. The van der Waals surface area contributed by atoms with Crippen molar-refractivity contribution in [3.05, 3.63) is 76.8 Å². The van der Waals surface area contributed by atoms with Crippen molar-refractivity contribution in [3.63, 3.8) is 0 Å². The van der Waals surface area contributed by atoms with Crippen LogP contribution in [0.3, 0.4) is 0 Å². The fourth-order valence-corrected chi connectivity index (χ4v) is 3.02. The summed E-state index contributed by atoms with van der Waals surface area (Å²) in [7, 11) is 0. The average molecular weight is 410 g/mol. The number of amides is 2. The van der Waals surface area contributed by atoms with E-state index >= 15 is 0 Å². The number of carbonyl (C=O) groups excluding carboxylic acids is 3. The maximum absolute atomic E-state index is 12.1. The fraction of sp³-hybridized carbons (Fsp3) is 0.100. The number of rotatable bonds is 8. The van der Waals surface area contributed by atoms with Crippen LogP contribution in [0.2, 0.25) is 0 Å². The van der Waals surface area contributed by atoms with E-state index < -0.39 is 24.4 Å². The Kier molecular flexibility index (Phi) is 6.54. The molecule has 0 spiro atoms. The number of carbonyl (C=O) groups is 3. The largest absolute Gasteiger partial charge is 0.451 e. The van der Waals surface area contributed by atoms with E-state index in [1.54, 1.807) is 5.38 Å². The summed E-state index contributed by atoms with van der Waals surface area (Å²) >= 11 is 1.28. The number of nitrogens with zero attached hydrogens (tertiary/aromatic N) is 1. The van der Waals surface area contributed by atoms with Crippen LogP contribution in [-0.4, -0.2) is 29.4 Å². The molecule has 3 rings (SSSR count). The molecule has 0 aliphatic carbocycles. The molecule has 2 amide bonds. The first-order valence-corrected chi connectivity index (χ1v) is 9.49. The summed E-state index contributed by atoms with van der Waals surface area (Å²) in [5, 5.41) is 7.84. The molecule has 148 valence electrons. The lowest BCUT2D eigenvalue weighted by atomic mass is 10.2. The van der Waals surface area contributed by atoms with Gasteiger partial charge >= 0.3 is 5.97 Å².